The molecule has 0 unspecified atom stereocenters. The highest BCUT2D eigenvalue weighted by molar-refractivity contribution is 8.04. The lowest BCUT2D eigenvalue weighted by Crippen LogP contribution is -2.09. The van der Waals surface area contributed by atoms with E-state index in [-0.39, 0.29) is 11.6 Å². The molecule has 1 aliphatic heterocycles. The number of carbonyl (C=O) groups is 1. The minimum absolute atomic E-state index is 0.108. The molecule has 0 aliphatic carbocycles. The molecule has 0 spiro atoms. The van der Waals surface area contributed by atoms with Gasteiger partial charge in [-0.3, -0.25) is 4.79 Å². The predicted molar refractivity (Wildman–Crippen MR) is 98.1 cm³/mol. The molecule has 0 atom stereocenters. The number of aromatic hydroxyl groups is 1. The average molecular weight is 350 g/mol. The van der Waals surface area contributed by atoms with Gasteiger partial charge in [-0.2, -0.15) is 0 Å². The number of nitrogens with one attached hydrogen (secondary N) is 2. The van der Waals surface area contributed by atoms with Crippen LogP contribution in [-0.4, -0.2) is 16.0 Å². The molecule has 3 aromatic rings. The van der Waals surface area contributed by atoms with Gasteiger partial charge < -0.3 is 15.4 Å². The van der Waals surface area contributed by atoms with Gasteiger partial charge in [0, 0.05) is 16.0 Å². The van der Waals surface area contributed by atoms with Crippen LogP contribution in [0.5, 0.6) is 5.88 Å². The Balaban J connectivity index is 1.64. The van der Waals surface area contributed by atoms with Crippen molar-refractivity contribution >= 4 is 39.9 Å². The molecule has 6 nitrogen and oxygen atoms in total. The molecule has 1 aliphatic rings. The molecule has 0 radical (unpaired) electrons. The first-order valence-electron chi connectivity index (χ1n) is 7.64. The third kappa shape index (κ3) is 2.78. The van der Waals surface area contributed by atoms with Crippen LogP contribution in [0.25, 0.3) is 10.9 Å². The summed E-state index contributed by atoms with van der Waals surface area (Å²) in [6.07, 6.45) is 0. The Kier molecular flexibility index (Phi) is 3.77. The molecule has 1 amide bonds. The van der Waals surface area contributed by atoms with Gasteiger partial charge in [0.15, 0.2) is 5.69 Å². The third-order valence-electron chi connectivity index (χ3n) is 3.86. The number of thioether (sulfide) groups is 1. The molecule has 7 heteroatoms. The summed E-state index contributed by atoms with van der Waals surface area (Å²) in [6, 6.07) is 15.1. The Hall–Kier alpha value is -3.06. The zero-order chi connectivity index (χ0) is 17.4. The molecular formula is C18H14N4O2S. The first-order chi connectivity index (χ1) is 12.1. The smallest absolute Gasteiger partial charge is 0.303 e. The van der Waals surface area contributed by atoms with Crippen LogP contribution in [0, 0.1) is 0 Å². The second kappa shape index (κ2) is 6.10. The summed E-state index contributed by atoms with van der Waals surface area (Å²) in [4.78, 5) is 16.8. The number of fused-ring (bicyclic) bond motifs is 2. The summed E-state index contributed by atoms with van der Waals surface area (Å²) in [6.45, 7) is 1.83. The fourth-order valence-electron chi connectivity index (χ4n) is 2.66. The van der Waals surface area contributed by atoms with Crippen molar-refractivity contribution in [1.82, 2.24) is 4.98 Å². The van der Waals surface area contributed by atoms with E-state index in [2.05, 4.69) is 20.5 Å². The Morgan fingerprint density at radius 2 is 1.88 bits per heavy atom. The van der Waals surface area contributed by atoms with Gasteiger partial charge in [0.1, 0.15) is 4.91 Å². The summed E-state index contributed by atoms with van der Waals surface area (Å²) < 4.78 is 0. The zero-order valence-electron chi connectivity index (χ0n) is 13.3. The van der Waals surface area contributed by atoms with E-state index in [9.17, 15) is 9.90 Å². The van der Waals surface area contributed by atoms with E-state index >= 15 is 0 Å². The molecule has 1 aromatic heterocycles. The van der Waals surface area contributed by atoms with Crippen LogP contribution >= 0.6 is 11.8 Å². The number of H-pyrrole nitrogens is 1. The topological polar surface area (TPSA) is 89.8 Å². The molecule has 0 saturated carbocycles. The van der Waals surface area contributed by atoms with Crippen molar-refractivity contribution in [2.45, 2.75) is 11.8 Å². The highest BCUT2D eigenvalue weighted by Crippen LogP contribution is 2.40. The molecule has 25 heavy (non-hydrogen) atoms. The fourth-order valence-corrected chi connectivity index (χ4v) is 3.59. The van der Waals surface area contributed by atoms with Gasteiger partial charge in [0.2, 0.25) is 5.88 Å². The summed E-state index contributed by atoms with van der Waals surface area (Å²) >= 11 is 1.36. The van der Waals surface area contributed by atoms with Crippen molar-refractivity contribution in [2.24, 2.45) is 10.2 Å². The van der Waals surface area contributed by atoms with Crippen molar-refractivity contribution in [1.29, 1.82) is 0 Å². The highest BCUT2D eigenvalue weighted by Gasteiger charge is 2.21. The molecule has 3 N–H and O–H groups in total. The van der Waals surface area contributed by atoms with E-state index < -0.39 is 5.91 Å². The number of azo groups is 1. The van der Waals surface area contributed by atoms with Crippen LogP contribution in [0.15, 0.2) is 74.3 Å². The quantitative estimate of drug-likeness (QED) is 0.571. The normalized spacial score (nSPS) is 14.0. The maximum absolute atomic E-state index is 12.5. The molecule has 0 bridgehead atoms. The van der Waals surface area contributed by atoms with E-state index in [1.54, 1.807) is 0 Å². The lowest BCUT2D eigenvalue weighted by atomic mass is 10.2. The van der Waals surface area contributed by atoms with Gasteiger partial charge in [-0.15, -0.1) is 10.2 Å². The standard InChI is InChI=1S/C18H14N4O2S/c1-10-16(25-14-9-5-4-8-13(14)19-10)18(24)22-21-15-11-6-2-3-7-12(11)20-17(15)23/h2-9,19-20,23H,1H3. The number of nitrogens with zero attached hydrogens (tertiary/aromatic N) is 2. The number of hydrogen-bond donors (Lipinski definition) is 3. The SMILES string of the molecule is CC1=C(C(=O)N=Nc2c(O)[nH]c3ccccc23)Sc2ccccc2N1. The van der Waals surface area contributed by atoms with Gasteiger partial charge in [-0.1, -0.05) is 42.1 Å². The van der Waals surface area contributed by atoms with Crippen LogP contribution in [-0.2, 0) is 4.79 Å². The number of aromatic nitrogens is 1. The Morgan fingerprint density at radius 3 is 2.76 bits per heavy atom. The van der Waals surface area contributed by atoms with E-state index in [1.807, 2.05) is 55.5 Å². The highest BCUT2D eigenvalue weighted by atomic mass is 32.2. The van der Waals surface area contributed by atoms with Gasteiger partial charge >= 0.3 is 5.91 Å². The Bertz CT molecular complexity index is 1050. The number of hydrogen-bond acceptors (Lipinski definition) is 5. The van der Waals surface area contributed by atoms with Crippen molar-refractivity contribution < 1.29 is 9.90 Å². The van der Waals surface area contributed by atoms with Gasteiger partial charge in [0.25, 0.3) is 0 Å². The number of aromatic amines is 1. The summed E-state index contributed by atoms with van der Waals surface area (Å²) in [5, 5.41) is 21.7. The van der Waals surface area contributed by atoms with E-state index in [0.717, 1.165) is 21.8 Å². The second-order valence-electron chi connectivity index (χ2n) is 5.55. The van der Waals surface area contributed by atoms with Crippen molar-refractivity contribution in [2.75, 3.05) is 5.32 Å². The van der Waals surface area contributed by atoms with E-state index in [1.165, 1.54) is 11.8 Å². The maximum Gasteiger partial charge on any atom is 0.303 e. The lowest BCUT2D eigenvalue weighted by Gasteiger charge is -2.19. The minimum Gasteiger partial charge on any atom is -0.493 e. The predicted octanol–water partition coefficient (Wildman–Crippen LogP) is 4.93. The Morgan fingerprint density at radius 1 is 1.12 bits per heavy atom. The average Bonchev–Trinajstić information content (AvgIpc) is 2.94. The monoisotopic (exact) mass is 350 g/mol. The second-order valence-corrected chi connectivity index (χ2v) is 6.60. The summed E-state index contributed by atoms with van der Waals surface area (Å²) in [5.41, 5.74) is 2.69. The summed E-state index contributed by atoms with van der Waals surface area (Å²) in [7, 11) is 0. The van der Waals surface area contributed by atoms with Gasteiger partial charge in [0.05, 0.1) is 11.2 Å². The van der Waals surface area contributed by atoms with Crippen molar-refractivity contribution in [3.63, 3.8) is 0 Å². The van der Waals surface area contributed by atoms with Crippen LogP contribution < -0.4 is 5.32 Å². The minimum atomic E-state index is -0.450. The first-order valence-corrected chi connectivity index (χ1v) is 8.45. The fraction of sp³-hybridized carbons (Fsp3) is 0.0556. The largest absolute Gasteiger partial charge is 0.493 e. The van der Waals surface area contributed by atoms with Gasteiger partial charge in [-0.25, -0.2) is 0 Å². The molecule has 124 valence electrons. The number of benzene rings is 2. The molecule has 2 aromatic carbocycles. The van der Waals surface area contributed by atoms with Crippen LogP contribution in [0.2, 0.25) is 0 Å². The first kappa shape index (κ1) is 15.5. The molecule has 4 rings (SSSR count). The number of allylic oxidation sites excluding steroid dienone is 1. The maximum atomic E-state index is 12.5. The third-order valence-corrected chi connectivity index (χ3v) is 5.12. The number of amides is 1. The number of rotatable bonds is 2. The lowest BCUT2D eigenvalue weighted by molar-refractivity contribution is -0.114. The van der Waals surface area contributed by atoms with Gasteiger partial charge in [-0.05, 0) is 25.1 Å². The van der Waals surface area contributed by atoms with Crippen LogP contribution in [0.1, 0.15) is 6.92 Å². The molecule has 2 heterocycles. The molecule has 0 saturated heterocycles. The van der Waals surface area contributed by atoms with E-state index in [4.69, 9.17) is 0 Å². The van der Waals surface area contributed by atoms with Crippen molar-refractivity contribution in [3.8, 4) is 5.88 Å². The molecular weight excluding hydrogens is 336 g/mol. The summed E-state index contributed by atoms with van der Waals surface area (Å²) in [5.74, 6) is -0.558. The van der Waals surface area contributed by atoms with Crippen LogP contribution in [0.4, 0.5) is 11.4 Å². The zero-order valence-corrected chi connectivity index (χ0v) is 14.1. The van der Waals surface area contributed by atoms with Crippen LogP contribution in [0.3, 0.4) is 0 Å². The number of para-hydroxylation sites is 2. The number of anilines is 1. The number of carbonyl (C=O) groups excluding carboxylic acids is 1. The van der Waals surface area contributed by atoms with Crippen molar-refractivity contribution in [3.05, 3.63) is 59.1 Å². The molecule has 0 fully saturated rings. The van der Waals surface area contributed by atoms with E-state index in [0.29, 0.717) is 10.3 Å². The Labute approximate surface area is 147 Å².